The average molecular weight is 524 g/mol. The molecule has 0 saturated heterocycles. The lowest BCUT2D eigenvalue weighted by Gasteiger charge is -2.62. The molecular formula is C33H49NO4. The second-order valence-electron chi connectivity index (χ2n) is 13.5. The second-order valence-corrected chi connectivity index (χ2v) is 13.5. The molecule has 4 saturated carbocycles. The van der Waals surface area contributed by atoms with E-state index in [9.17, 15) is 14.7 Å². The van der Waals surface area contributed by atoms with Crippen molar-refractivity contribution in [2.75, 3.05) is 13.7 Å². The Morgan fingerprint density at radius 3 is 2.74 bits per heavy atom. The third-order valence-electron chi connectivity index (χ3n) is 11.6. The molecule has 1 amide bonds. The van der Waals surface area contributed by atoms with Gasteiger partial charge in [-0.15, -0.1) is 0 Å². The van der Waals surface area contributed by atoms with Gasteiger partial charge in [0, 0.05) is 26.3 Å². The fraction of sp³-hybridized carbons (Fsp3) is 0.758. The summed E-state index contributed by atoms with van der Waals surface area (Å²) in [6, 6.07) is 8.43. The molecule has 210 valence electrons. The van der Waals surface area contributed by atoms with Gasteiger partial charge in [0.05, 0.1) is 12.7 Å². The Labute approximate surface area is 229 Å². The number of hydrogen-bond donors (Lipinski definition) is 2. The maximum absolute atomic E-state index is 12.5. The molecule has 0 bridgehead atoms. The van der Waals surface area contributed by atoms with E-state index in [0.717, 1.165) is 50.7 Å². The number of hydrogen-bond acceptors (Lipinski definition) is 4. The first-order valence-corrected chi connectivity index (χ1v) is 15.4. The zero-order valence-corrected chi connectivity index (χ0v) is 23.8. The average Bonchev–Trinajstić information content (AvgIpc) is 3.21. The van der Waals surface area contributed by atoms with E-state index < -0.39 is 0 Å². The molecule has 2 N–H and O–H groups in total. The van der Waals surface area contributed by atoms with Crippen LogP contribution in [0.5, 0.6) is 5.75 Å². The number of fused-ring (bicyclic) bond motifs is 5. The summed E-state index contributed by atoms with van der Waals surface area (Å²) in [5.41, 5.74) is 1.69. The molecule has 0 radical (unpaired) electrons. The lowest BCUT2D eigenvalue weighted by Crippen LogP contribution is -2.57. The number of benzene rings is 1. The highest BCUT2D eigenvalue weighted by Gasteiger charge is 2.62. The summed E-state index contributed by atoms with van der Waals surface area (Å²) in [6.45, 7) is 5.45. The van der Waals surface area contributed by atoms with Gasteiger partial charge in [-0.1, -0.05) is 26.0 Å². The van der Waals surface area contributed by atoms with Crippen molar-refractivity contribution in [3.63, 3.8) is 0 Å². The minimum atomic E-state index is -0.147. The van der Waals surface area contributed by atoms with Crippen molar-refractivity contribution >= 4 is 11.7 Å². The Bertz CT molecular complexity index is 1010. The first-order valence-electron chi connectivity index (χ1n) is 15.4. The number of amides is 1. The summed E-state index contributed by atoms with van der Waals surface area (Å²) >= 11 is 0. The molecule has 0 heterocycles. The number of ketones is 1. The second kappa shape index (κ2) is 11.3. The summed E-state index contributed by atoms with van der Waals surface area (Å²) in [4.78, 5) is 23.9. The molecule has 5 heteroatoms. The molecule has 0 spiro atoms. The molecule has 38 heavy (non-hydrogen) atoms. The van der Waals surface area contributed by atoms with E-state index in [1.807, 2.05) is 6.07 Å². The summed E-state index contributed by atoms with van der Waals surface area (Å²) in [5.74, 6) is 4.63. The van der Waals surface area contributed by atoms with E-state index in [1.165, 1.54) is 31.2 Å². The highest BCUT2D eigenvalue weighted by molar-refractivity contribution is 5.79. The number of ether oxygens (including phenoxy) is 1. The van der Waals surface area contributed by atoms with Crippen molar-refractivity contribution < 1.29 is 19.4 Å². The lowest BCUT2D eigenvalue weighted by atomic mass is 9.42. The zero-order chi connectivity index (χ0) is 26.9. The van der Waals surface area contributed by atoms with Gasteiger partial charge < -0.3 is 15.2 Å². The van der Waals surface area contributed by atoms with Gasteiger partial charge in [-0.05, 0) is 122 Å². The van der Waals surface area contributed by atoms with Gasteiger partial charge in [-0.3, -0.25) is 9.59 Å². The minimum Gasteiger partial charge on any atom is -0.494 e. The predicted molar refractivity (Wildman–Crippen MR) is 150 cm³/mol. The molecule has 1 aromatic carbocycles. The number of carbonyl (C=O) groups is 2. The zero-order valence-electron chi connectivity index (χ0n) is 23.8. The van der Waals surface area contributed by atoms with Gasteiger partial charge >= 0.3 is 0 Å². The monoisotopic (exact) mass is 523 g/mol. The van der Waals surface area contributed by atoms with Crippen LogP contribution in [-0.4, -0.2) is 36.6 Å². The van der Waals surface area contributed by atoms with Crippen molar-refractivity contribution in [2.45, 2.75) is 103 Å². The smallest absolute Gasteiger partial charge is 0.219 e. The summed E-state index contributed by atoms with van der Waals surface area (Å²) in [5, 5.41) is 13.6. The lowest BCUT2D eigenvalue weighted by molar-refractivity contribution is -0.156. The van der Waals surface area contributed by atoms with Crippen molar-refractivity contribution in [1.29, 1.82) is 0 Å². The Hall–Kier alpha value is -1.88. The van der Waals surface area contributed by atoms with Crippen LogP contribution in [0.25, 0.3) is 0 Å². The third kappa shape index (κ3) is 5.29. The van der Waals surface area contributed by atoms with Gasteiger partial charge in [0.2, 0.25) is 5.91 Å². The quantitative estimate of drug-likeness (QED) is 0.383. The maximum Gasteiger partial charge on any atom is 0.219 e. The van der Waals surface area contributed by atoms with Crippen LogP contribution >= 0.6 is 0 Å². The van der Waals surface area contributed by atoms with Crippen LogP contribution in [0.3, 0.4) is 0 Å². The summed E-state index contributed by atoms with van der Waals surface area (Å²) < 4.78 is 5.92. The Morgan fingerprint density at radius 1 is 1.11 bits per heavy atom. The summed E-state index contributed by atoms with van der Waals surface area (Å²) in [6.07, 6.45) is 12.8. The molecule has 0 aliphatic heterocycles. The number of nitrogens with one attached hydrogen (secondary N) is 1. The van der Waals surface area contributed by atoms with Crippen LogP contribution in [0.1, 0.15) is 96.5 Å². The topological polar surface area (TPSA) is 75.6 Å². The SMILES string of the molecule is CNC(=O)CCCOc1cccc(CCC[C@@H]2C[C@H]3CC(=O)CC[C@]3(C)[C@H]3CC[C@]4(C)[C@@H](O)CC[C@H]4[C@H]23)c1. The molecular weight excluding hydrogens is 474 g/mol. The molecule has 4 aliphatic carbocycles. The number of aryl methyl sites for hydroxylation is 1. The van der Waals surface area contributed by atoms with Crippen LogP contribution in [0, 0.1) is 40.4 Å². The third-order valence-corrected chi connectivity index (χ3v) is 11.6. The molecule has 5 rings (SSSR count). The Morgan fingerprint density at radius 2 is 1.92 bits per heavy atom. The number of aliphatic hydroxyl groups is 1. The van der Waals surface area contributed by atoms with Crippen LogP contribution in [-0.2, 0) is 16.0 Å². The fourth-order valence-corrected chi connectivity index (χ4v) is 9.40. The fourth-order valence-electron chi connectivity index (χ4n) is 9.40. The first-order chi connectivity index (χ1) is 18.2. The maximum atomic E-state index is 12.5. The van der Waals surface area contributed by atoms with Crippen LogP contribution in [0.15, 0.2) is 24.3 Å². The van der Waals surface area contributed by atoms with E-state index >= 15 is 0 Å². The highest BCUT2D eigenvalue weighted by Crippen LogP contribution is 2.67. The van der Waals surface area contributed by atoms with E-state index in [2.05, 4.69) is 37.4 Å². The van der Waals surface area contributed by atoms with Crippen LogP contribution in [0.2, 0.25) is 0 Å². The molecule has 4 fully saturated rings. The minimum absolute atomic E-state index is 0.0515. The van der Waals surface area contributed by atoms with E-state index in [4.69, 9.17) is 4.74 Å². The number of carbonyl (C=O) groups excluding carboxylic acids is 2. The van der Waals surface area contributed by atoms with Gasteiger partial charge in [-0.25, -0.2) is 0 Å². The van der Waals surface area contributed by atoms with Gasteiger partial charge in [0.15, 0.2) is 0 Å². The molecule has 8 atom stereocenters. The molecule has 5 nitrogen and oxygen atoms in total. The van der Waals surface area contributed by atoms with E-state index in [1.54, 1.807) is 7.05 Å². The normalized spacial score (nSPS) is 38.2. The van der Waals surface area contributed by atoms with E-state index in [0.29, 0.717) is 60.2 Å². The van der Waals surface area contributed by atoms with Gasteiger partial charge in [-0.2, -0.15) is 0 Å². The van der Waals surface area contributed by atoms with Crippen molar-refractivity contribution in [1.82, 2.24) is 5.32 Å². The van der Waals surface area contributed by atoms with Crippen molar-refractivity contribution in [2.24, 2.45) is 40.4 Å². The number of aliphatic hydroxyl groups excluding tert-OH is 1. The van der Waals surface area contributed by atoms with E-state index in [-0.39, 0.29) is 17.4 Å². The number of Topliss-reactive ketones (excluding diaryl/α,β-unsaturated/α-hetero) is 1. The molecule has 0 aromatic heterocycles. The van der Waals surface area contributed by atoms with Gasteiger partial charge in [0.1, 0.15) is 11.5 Å². The van der Waals surface area contributed by atoms with Crippen molar-refractivity contribution in [3.05, 3.63) is 29.8 Å². The van der Waals surface area contributed by atoms with Crippen molar-refractivity contribution in [3.8, 4) is 5.75 Å². The molecule has 1 aromatic rings. The Kier molecular flexibility index (Phi) is 8.24. The number of rotatable bonds is 9. The van der Waals surface area contributed by atoms with Crippen LogP contribution < -0.4 is 10.1 Å². The summed E-state index contributed by atoms with van der Waals surface area (Å²) in [7, 11) is 1.66. The molecule has 0 unspecified atom stereocenters. The molecule has 4 aliphatic rings. The predicted octanol–water partition coefficient (Wildman–Crippen LogP) is 6.11. The largest absolute Gasteiger partial charge is 0.494 e. The standard InChI is InChI=1S/C33H49NO4/c1-32-16-14-25(35)21-24(32)20-23(31-27-12-13-29(36)33(27,2)17-15-28(31)32)9-4-7-22-8-5-10-26(19-22)38-18-6-11-30(37)34-3/h5,8,10,19,23-24,27-29,31,36H,4,6-7,9,11-18,20-21H2,1-3H3,(H,34,37)/t23-,24+,27+,28+,29+,31+,32+,33+/m1/s1. The van der Waals surface area contributed by atoms with Gasteiger partial charge in [0.25, 0.3) is 0 Å². The Balaban J connectivity index is 1.24. The highest BCUT2D eigenvalue weighted by atomic mass is 16.5. The first kappa shape index (κ1) is 27.7. The van der Waals surface area contributed by atoms with Crippen LogP contribution in [0.4, 0.5) is 0 Å².